The Morgan fingerprint density at radius 2 is 1.19 bits per heavy atom. The van der Waals surface area contributed by atoms with E-state index in [1.54, 1.807) is 0 Å². The van der Waals surface area contributed by atoms with E-state index in [2.05, 4.69) is 21.3 Å². The van der Waals surface area contributed by atoms with Crippen LogP contribution in [0.5, 0.6) is 11.5 Å². The van der Waals surface area contributed by atoms with Gasteiger partial charge in [-0.05, 0) is 12.1 Å². The van der Waals surface area contributed by atoms with Gasteiger partial charge >= 0.3 is 0 Å². The summed E-state index contributed by atoms with van der Waals surface area (Å²) in [5, 5.41) is 30.5. The first-order valence-corrected chi connectivity index (χ1v) is 13.7. The fraction of sp³-hybridized carbons (Fsp3) is 0.360. The van der Waals surface area contributed by atoms with Crippen LogP contribution in [0.4, 0.5) is 22.7 Å². The second-order valence-corrected chi connectivity index (χ2v) is 11.4. The van der Waals surface area contributed by atoms with E-state index >= 15 is 0 Å². The largest absolute Gasteiger partial charge is 1.00 e. The zero-order chi connectivity index (χ0) is 30.6. The van der Waals surface area contributed by atoms with Gasteiger partial charge < -0.3 is 48.4 Å². The number of amides is 4. The Hall–Kier alpha value is -2.71. The predicted molar refractivity (Wildman–Crippen MR) is 159 cm³/mol. The maximum absolute atomic E-state index is 12.8. The average molecular weight is 687 g/mol. The number of carbonyl (C=O) groups is 4. The van der Waals surface area contributed by atoms with E-state index in [0.29, 0.717) is 30.7 Å². The van der Waals surface area contributed by atoms with E-state index in [0.717, 1.165) is 0 Å². The molecular formula is C25H29Cl5N6O6. The number of benzene rings is 2. The Morgan fingerprint density at radius 3 is 1.60 bits per heavy atom. The van der Waals surface area contributed by atoms with Crippen molar-refractivity contribution in [3.63, 3.8) is 0 Å². The van der Waals surface area contributed by atoms with E-state index in [1.807, 2.05) is 11.9 Å². The molecule has 0 saturated carbocycles. The Labute approximate surface area is 268 Å². The highest BCUT2D eigenvalue weighted by Crippen LogP contribution is 2.44. The summed E-state index contributed by atoms with van der Waals surface area (Å²) in [7, 11) is 1.90. The summed E-state index contributed by atoms with van der Waals surface area (Å²) in [4.78, 5) is 50.1. The highest BCUT2D eigenvalue weighted by Gasteiger charge is 2.32. The number of halogens is 5. The minimum absolute atomic E-state index is 0. The lowest BCUT2D eigenvalue weighted by Crippen LogP contribution is -3.00. The van der Waals surface area contributed by atoms with Crippen LogP contribution in [0.15, 0.2) is 12.1 Å². The Balaban J connectivity index is 0.00000616. The quantitative estimate of drug-likeness (QED) is 0.178. The molecule has 0 atom stereocenters. The lowest BCUT2D eigenvalue weighted by molar-refractivity contribution is -0.905. The molecule has 6 N–H and O–H groups in total. The number of phenols is 2. The van der Waals surface area contributed by atoms with Crippen LogP contribution in [-0.2, 0) is 19.2 Å². The number of anilines is 4. The number of quaternary nitrogens is 1. The number of hydrogen-bond acceptors (Lipinski definition) is 7. The molecule has 1 fully saturated rings. The number of rotatable bonds is 8. The summed E-state index contributed by atoms with van der Waals surface area (Å²) in [6.07, 6.45) is 0. The van der Waals surface area contributed by atoms with Crippen molar-refractivity contribution in [3.05, 3.63) is 32.2 Å². The molecule has 4 amide bonds. The SMILES string of the molecule is CC(=O)Nc1c(Cl)cc(NC(=O)CN2CC[N+](C)(CC(=O)Nc3cc(Cl)c(NC(C)=O)c(Cl)c3O)CC2)c(O)c1Cl.[Cl-]. The molecule has 0 aromatic heterocycles. The minimum atomic E-state index is -0.430. The van der Waals surface area contributed by atoms with Gasteiger partial charge in [0.2, 0.25) is 17.7 Å². The maximum atomic E-state index is 12.8. The molecule has 2 aromatic carbocycles. The summed E-state index contributed by atoms with van der Waals surface area (Å²) in [5.74, 6) is -2.52. The fourth-order valence-corrected chi connectivity index (χ4v) is 5.32. The summed E-state index contributed by atoms with van der Waals surface area (Å²) < 4.78 is 0.368. The van der Waals surface area contributed by atoms with Crippen LogP contribution < -0.4 is 33.7 Å². The van der Waals surface area contributed by atoms with Crippen LogP contribution in [0, 0.1) is 0 Å². The van der Waals surface area contributed by atoms with Crippen molar-refractivity contribution in [1.29, 1.82) is 0 Å². The molecule has 42 heavy (non-hydrogen) atoms. The number of piperazine rings is 1. The highest BCUT2D eigenvalue weighted by atomic mass is 35.5. The lowest BCUT2D eigenvalue weighted by Gasteiger charge is -2.41. The van der Waals surface area contributed by atoms with Crippen LogP contribution in [-0.4, -0.2) is 89.5 Å². The number of aromatic hydroxyl groups is 2. The van der Waals surface area contributed by atoms with Crippen molar-refractivity contribution in [3.8, 4) is 11.5 Å². The van der Waals surface area contributed by atoms with E-state index in [4.69, 9.17) is 46.4 Å². The third-order valence-corrected chi connectivity index (χ3v) is 7.67. The predicted octanol–water partition coefficient (Wildman–Crippen LogP) is 0.972. The molecule has 230 valence electrons. The van der Waals surface area contributed by atoms with Crippen LogP contribution in [0.3, 0.4) is 0 Å². The van der Waals surface area contributed by atoms with Gasteiger partial charge in [-0.15, -0.1) is 0 Å². The van der Waals surface area contributed by atoms with Crippen molar-refractivity contribution in [2.75, 3.05) is 67.6 Å². The van der Waals surface area contributed by atoms with Crippen molar-refractivity contribution >= 4 is 92.8 Å². The summed E-state index contributed by atoms with van der Waals surface area (Å²) in [6.45, 7) is 4.71. The van der Waals surface area contributed by atoms with Crippen LogP contribution in [0.25, 0.3) is 0 Å². The molecule has 1 saturated heterocycles. The van der Waals surface area contributed by atoms with Crippen LogP contribution in [0.2, 0.25) is 20.1 Å². The van der Waals surface area contributed by atoms with Gasteiger partial charge in [-0.2, -0.15) is 0 Å². The molecule has 3 rings (SSSR count). The van der Waals surface area contributed by atoms with Gasteiger partial charge in [-0.3, -0.25) is 24.1 Å². The molecule has 0 radical (unpaired) electrons. The summed E-state index contributed by atoms with van der Waals surface area (Å²) in [6, 6.07) is 2.59. The van der Waals surface area contributed by atoms with Crippen molar-refractivity contribution in [2.24, 2.45) is 0 Å². The summed E-state index contributed by atoms with van der Waals surface area (Å²) in [5.41, 5.74) is 0.0901. The zero-order valence-corrected chi connectivity index (χ0v) is 26.5. The number of carbonyl (C=O) groups excluding carboxylic acids is 4. The van der Waals surface area contributed by atoms with Gasteiger partial charge in [0.05, 0.1) is 59.5 Å². The molecule has 2 aromatic rings. The first-order chi connectivity index (χ1) is 19.1. The maximum Gasteiger partial charge on any atom is 0.279 e. The Bertz CT molecular complexity index is 1400. The van der Waals surface area contributed by atoms with E-state index in [9.17, 15) is 29.4 Å². The smallest absolute Gasteiger partial charge is 0.279 e. The third kappa shape index (κ3) is 8.90. The summed E-state index contributed by atoms with van der Waals surface area (Å²) >= 11 is 24.5. The Kier molecular flexibility index (Phi) is 12.4. The fourth-order valence-electron chi connectivity index (χ4n) is 4.22. The highest BCUT2D eigenvalue weighted by molar-refractivity contribution is 6.42. The standard InChI is InChI=1S/C25H28Cl4N6O6.ClH/c1-12(36)30-22-14(26)8-16(24(40)20(22)28)32-18(38)10-34-4-6-35(3,7-5-34)11-19(39)33-17-9-15(27)23(31-13(2)37)21(29)25(17)41;/h8-9H,4-7,10-11H2,1-3H3,(H5-,30,31,32,33,36,37,38,39,40,41);1H. The van der Waals surface area contributed by atoms with Crippen molar-refractivity contribution in [1.82, 2.24) is 4.90 Å². The topological polar surface area (TPSA) is 160 Å². The van der Waals surface area contributed by atoms with Gasteiger partial charge in [0, 0.05) is 26.9 Å². The normalized spacial score (nSPS) is 14.4. The third-order valence-electron chi connectivity index (χ3n) is 6.34. The monoisotopic (exact) mass is 684 g/mol. The van der Waals surface area contributed by atoms with Gasteiger partial charge in [-0.25, -0.2) is 0 Å². The first kappa shape index (κ1) is 35.5. The van der Waals surface area contributed by atoms with Gasteiger partial charge in [0.1, 0.15) is 10.0 Å². The molecular weight excluding hydrogens is 658 g/mol. The number of hydrogen-bond donors (Lipinski definition) is 6. The number of likely N-dealkylation sites (N-methyl/N-ethyl adjacent to an activating group) is 1. The van der Waals surface area contributed by atoms with E-state index < -0.39 is 29.2 Å². The van der Waals surface area contributed by atoms with Gasteiger partial charge in [0.25, 0.3) is 5.91 Å². The molecule has 1 aliphatic heterocycles. The zero-order valence-electron chi connectivity index (χ0n) is 22.7. The number of phenolic OH excluding ortho intramolecular Hbond substituents is 2. The molecule has 0 spiro atoms. The number of nitrogens with zero attached hydrogens (tertiary/aromatic N) is 2. The number of nitrogens with one attached hydrogen (secondary N) is 4. The molecule has 1 aliphatic rings. The first-order valence-electron chi connectivity index (χ1n) is 12.2. The molecule has 17 heteroatoms. The molecule has 12 nitrogen and oxygen atoms in total. The Morgan fingerprint density at radius 1 is 0.786 bits per heavy atom. The van der Waals surface area contributed by atoms with Crippen LogP contribution in [0.1, 0.15) is 13.8 Å². The molecule has 0 bridgehead atoms. The van der Waals surface area contributed by atoms with Crippen LogP contribution >= 0.6 is 46.4 Å². The van der Waals surface area contributed by atoms with Gasteiger partial charge in [0.15, 0.2) is 18.0 Å². The van der Waals surface area contributed by atoms with Crippen molar-refractivity contribution in [2.45, 2.75) is 13.8 Å². The van der Waals surface area contributed by atoms with E-state index in [-0.39, 0.29) is 74.2 Å². The van der Waals surface area contributed by atoms with Gasteiger partial charge in [-0.1, -0.05) is 46.4 Å². The lowest BCUT2D eigenvalue weighted by atomic mass is 10.2. The second kappa shape index (κ2) is 14.6. The minimum Gasteiger partial charge on any atom is -1.00 e. The average Bonchev–Trinajstić information content (AvgIpc) is 2.87. The molecule has 1 heterocycles. The molecule has 0 aliphatic carbocycles. The second-order valence-electron chi connectivity index (χ2n) is 9.85. The molecule has 0 unspecified atom stereocenters. The van der Waals surface area contributed by atoms with E-state index in [1.165, 1.54) is 26.0 Å². The van der Waals surface area contributed by atoms with Crippen molar-refractivity contribution < 1.29 is 46.3 Å².